The second-order valence-electron chi connectivity index (χ2n) is 5.97. The van der Waals surface area contributed by atoms with Crippen LogP contribution in [0.5, 0.6) is 0 Å². The number of pyridine rings is 1. The van der Waals surface area contributed by atoms with E-state index in [0.29, 0.717) is 12.5 Å². The predicted molar refractivity (Wildman–Crippen MR) is 105 cm³/mol. The molecule has 0 aliphatic carbocycles. The largest absolute Gasteiger partial charge is 0.333 e. The Morgan fingerprint density at radius 3 is 2.54 bits per heavy atom. The lowest BCUT2D eigenvalue weighted by atomic mass is 10.1. The number of imidazole rings is 1. The maximum absolute atomic E-state index is 13.5. The number of hydrogen-bond acceptors (Lipinski definition) is 4. The second-order valence-corrected chi connectivity index (χ2v) is 7.03. The van der Waals surface area contributed by atoms with Gasteiger partial charge < -0.3 is 10.3 Å². The molecule has 0 amide bonds. The van der Waals surface area contributed by atoms with Crippen LogP contribution in [0.3, 0.4) is 0 Å². The van der Waals surface area contributed by atoms with E-state index in [9.17, 15) is 4.39 Å². The number of nitrogens with two attached hydrogens (primary N) is 1. The zero-order valence-electron chi connectivity index (χ0n) is 15.6. The lowest BCUT2D eigenvalue weighted by Crippen LogP contribution is -2.05. The summed E-state index contributed by atoms with van der Waals surface area (Å²) in [4.78, 5) is 10.0. The van der Waals surface area contributed by atoms with E-state index in [1.807, 2.05) is 31.2 Å². The van der Waals surface area contributed by atoms with Gasteiger partial charge in [0.25, 0.3) is 0 Å². The summed E-state index contributed by atoms with van der Waals surface area (Å²) in [5.41, 5.74) is 6.52. The quantitative estimate of drug-likeness (QED) is 0.710. The maximum atomic E-state index is 13.5. The van der Waals surface area contributed by atoms with Crippen LogP contribution in [0, 0.1) is 12.7 Å². The van der Waals surface area contributed by atoms with Crippen LogP contribution in [-0.4, -0.2) is 21.6 Å². The van der Waals surface area contributed by atoms with Crippen molar-refractivity contribution in [1.29, 1.82) is 0 Å². The van der Waals surface area contributed by atoms with Crippen molar-refractivity contribution in [3.8, 4) is 0 Å². The highest BCUT2D eigenvalue weighted by Gasteiger charge is 2.19. The third-order valence-corrected chi connectivity index (χ3v) is 4.85. The van der Waals surface area contributed by atoms with Gasteiger partial charge in [-0.05, 0) is 50.2 Å². The van der Waals surface area contributed by atoms with E-state index in [2.05, 4.69) is 29.1 Å². The van der Waals surface area contributed by atoms with Crippen molar-refractivity contribution in [3.05, 3.63) is 71.7 Å². The molecule has 6 heteroatoms. The molecule has 0 aliphatic rings. The Bertz CT molecular complexity index is 831. The summed E-state index contributed by atoms with van der Waals surface area (Å²) in [5.74, 6) is 1.02. The molecule has 0 radical (unpaired) electrons. The van der Waals surface area contributed by atoms with E-state index in [1.165, 1.54) is 13.1 Å². The molecule has 0 saturated heterocycles. The van der Waals surface area contributed by atoms with Gasteiger partial charge in [0.1, 0.15) is 16.7 Å². The van der Waals surface area contributed by atoms with Gasteiger partial charge in [0, 0.05) is 11.1 Å². The van der Waals surface area contributed by atoms with Crippen LogP contribution >= 0.6 is 11.8 Å². The Kier molecular flexibility index (Phi) is 7.36. The van der Waals surface area contributed by atoms with Crippen LogP contribution in [-0.2, 0) is 6.54 Å². The van der Waals surface area contributed by atoms with E-state index in [4.69, 9.17) is 4.98 Å². The minimum atomic E-state index is -0.224. The lowest BCUT2D eigenvalue weighted by Gasteiger charge is -2.12. The van der Waals surface area contributed by atoms with Gasteiger partial charge >= 0.3 is 0 Å². The number of benzene rings is 1. The second kappa shape index (κ2) is 9.50. The minimum Gasteiger partial charge on any atom is -0.333 e. The van der Waals surface area contributed by atoms with Gasteiger partial charge in [-0.1, -0.05) is 37.7 Å². The molecule has 1 aromatic carbocycles. The summed E-state index contributed by atoms with van der Waals surface area (Å²) in [6.45, 7) is 6.92. The van der Waals surface area contributed by atoms with E-state index in [-0.39, 0.29) is 5.82 Å². The number of halogens is 1. The Morgan fingerprint density at radius 1 is 1.15 bits per heavy atom. The average Bonchev–Trinajstić information content (AvgIpc) is 2.94. The first kappa shape index (κ1) is 20.1. The molecule has 3 aromatic rings. The fraction of sp³-hybridized carbons (Fsp3) is 0.300. The van der Waals surface area contributed by atoms with Gasteiger partial charge in [0.05, 0.1) is 17.9 Å². The Labute approximate surface area is 158 Å². The van der Waals surface area contributed by atoms with Crippen molar-refractivity contribution in [2.75, 3.05) is 7.05 Å². The van der Waals surface area contributed by atoms with Crippen LogP contribution in [0.4, 0.5) is 4.39 Å². The molecule has 0 fully saturated rings. The van der Waals surface area contributed by atoms with Crippen molar-refractivity contribution in [2.45, 2.75) is 43.2 Å². The number of aryl methyl sites for hydroxylation is 1. The topological polar surface area (TPSA) is 56.7 Å². The number of rotatable bonds is 5. The first-order chi connectivity index (χ1) is 12.5. The molecule has 3 rings (SSSR count). The summed E-state index contributed by atoms with van der Waals surface area (Å²) in [6, 6.07) is 12.6. The first-order valence-corrected chi connectivity index (χ1v) is 9.34. The third-order valence-electron chi connectivity index (χ3n) is 3.74. The number of aromatic nitrogens is 3. The normalized spacial score (nSPS) is 10.6. The SMILES string of the molecule is CN.Cc1nc(C(C)C)c(Sc2cccc(F)c2)n1Cc1ccccn1. The molecule has 0 atom stereocenters. The molecule has 2 N–H and O–H groups in total. The Hall–Kier alpha value is -2.18. The summed E-state index contributed by atoms with van der Waals surface area (Å²) in [7, 11) is 1.50. The van der Waals surface area contributed by atoms with E-state index < -0.39 is 0 Å². The van der Waals surface area contributed by atoms with Gasteiger partial charge in [0.15, 0.2) is 0 Å². The van der Waals surface area contributed by atoms with Crippen LogP contribution in [0.2, 0.25) is 0 Å². The standard InChI is InChI=1S/C19H20FN3S.CH5N/c1-13(2)18-19(24-17-9-6-7-15(20)11-17)23(14(3)22-18)12-16-8-4-5-10-21-16;1-2/h4-11,13H,12H2,1-3H3;2H2,1H3. The highest BCUT2D eigenvalue weighted by Crippen LogP contribution is 2.35. The van der Waals surface area contributed by atoms with E-state index in [0.717, 1.165) is 27.1 Å². The molecule has 0 saturated carbocycles. The van der Waals surface area contributed by atoms with Crippen molar-refractivity contribution in [1.82, 2.24) is 14.5 Å². The molecular formula is C20H25FN4S. The zero-order chi connectivity index (χ0) is 19.1. The fourth-order valence-corrected chi connectivity index (χ4v) is 3.77. The monoisotopic (exact) mass is 372 g/mol. The molecule has 4 nitrogen and oxygen atoms in total. The van der Waals surface area contributed by atoms with Crippen molar-refractivity contribution >= 4 is 11.8 Å². The van der Waals surface area contributed by atoms with Crippen molar-refractivity contribution in [3.63, 3.8) is 0 Å². The molecule has 0 unspecified atom stereocenters. The molecule has 0 spiro atoms. The summed E-state index contributed by atoms with van der Waals surface area (Å²) in [5, 5.41) is 1.05. The lowest BCUT2D eigenvalue weighted by molar-refractivity contribution is 0.624. The van der Waals surface area contributed by atoms with Crippen LogP contribution < -0.4 is 5.73 Å². The van der Waals surface area contributed by atoms with E-state index in [1.54, 1.807) is 30.1 Å². The first-order valence-electron chi connectivity index (χ1n) is 8.52. The zero-order valence-corrected chi connectivity index (χ0v) is 16.4. The summed E-state index contributed by atoms with van der Waals surface area (Å²) < 4.78 is 15.7. The molecule has 2 heterocycles. The maximum Gasteiger partial charge on any atom is 0.124 e. The van der Waals surface area contributed by atoms with Crippen molar-refractivity contribution < 1.29 is 4.39 Å². The third kappa shape index (κ3) is 4.93. The fourth-order valence-electron chi connectivity index (χ4n) is 2.53. The smallest absolute Gasteiger partial charge is 0.124 e. The van der Waals surface area contributed by atoms with Crippen LogP contribution in [0.25, 0.3) is 0 Å². The van der Waals surface area contributed by atoms with Gasteiger partial charge in [-0.15, -0.1) is 0 Å². The van der Waals surface area contributed by atoms with Crippen LogP contribution in [0.15, 0.2) is 58.6 Å². The van der Waals surface area contributed by atoms with E-state index >= 15 is 0 Å². The highest BCUT2D eigenvalue weighted by molar-refractivity contribution is 7.99. The van der Waals surface area contributed by atoms with Gasteiger partial charge in [0.2, 0.25) is 0 Å². The molecular weight excluding hydrogens is 347 g/mol. The molecule has 0 aliphatic heterocycles. The summed E-state index contributed by atoms with van der Waals surface area (Å²) >= 11 is 1.56. The highest BCUT2D eigenvalue weighted by atomic mass is 32.2. The molecule has 2 aromatic heterocycles. The average molecular weight is 373 g/mol. The van der Waals surface area contributed by atoms with Gasteiger partial charge in [-0.25, -0.2) is 9.37 Å². The molecule has 26 heavy (non-hydrogen) atoms. The molecule has 138 valence electrons. The Balaban J connectivity index is 0.00000117. The molecule has 0 bridgehead atoms. The Morgan fingerprint density at radius 2 is 1.92 bits per heavy atom. The summed E-state index contributed by atoms with van der Waals surface area (Å²) in [6.07, 6.45) is 1.80. The van der Waals surface area contributed by atoms with Crippen molar-refractivity contribution in [2.24, 2.45) is 5.73 Å². The van der Waals surface area contributed by atoms with Gasteiger partial charge in [-0.3, -0.25) is 4.98 Å². The number of hydrogen-bond donors (Lipinski definition) is 1. The van der Waals surface area contributed by atoms with Gasteiger partial charge in [-0.2, -0.15) is 0 Å². The van der Waals surface area contributed by atoms with Crippen LogP contribution in [0.1, 0.15) is 37.0 Å². The predicted octanol–water partition coefficient (Wildman–Crippen LogP) is 4.62. The minimum absolute atomic E-state index is 0.224. The number of nitrogens with zero attached hydrogens (tertiary/aromatic N) is 3.